The third-order valence-electron chi connectivity index (χ3n) is 4.09. The van der Waals surface area contributed by atoms with Gasteiger partial charge in [0, 0.05) is 17.7 Å². The molecule has 142 valence electrons. The molecule has 0 fully saturated rings. The van der Waals surface area contributed by atoms with E-state index in [9.17, 15) is 9.59 Å². The van der Waals surface area contributed by atoms with E-state index in [1.807, 2.05) is 26.0 Å². The van der Waals surface area contributed by atoms with Gasteiger partial charge in [0.2, 0.25) is 0 Å². The van der Waals surface area contributed by atoms with Crippen LogP contribution in [0.2, 0.25) is 0 Å². The molecule has 2 aromatic rings. The van der Waals surface area contributed by atoms with Crippen LogP contribution in [0.5, 0.6) is 11.5 Å². The van der Waals surface area contributed by atoms with Crippen LogP contribution < -0.4 is 14.8 Å². The molecule has 0 saturated heterocycles. The summed E-state index contributed by atoms with van der Waals surface area (Å²) in [5.74, 6) is 0.577. The van der Waals surface area contributed by atoms with Gasteiger partial charge in [-0.15, -0.1) is 0 Å². The number of esters is 1. The van der Waals surface area contributed by atoms with Crippen molar-refractivity contribution in [1.82, 2.24) is 0 Å². The minimum atomic E-state index is -0.389. The highest BCUT2D eigenvalue weighted by atomic mass is 16.5. The molecular weight excluding hydrogens is 346 g/mol. The number of amides is 1. The molecule has 1 N–H and O–H groups in total. The summed E-state index contributed by atoms with van der Waals surface area (Å²) in [7, 11) is 0. The Kier molecular flexibility index (Phi) is 5.35. The van der Waals surface area contributed by atoms with Crippen LogP contribution in [0.1, 0.15) is 36.7 Å². The fraction of sp³-hybridized carbons (Fsp3) is 0.333. The van der Waals surface area contributed by atoms with Gasteiger partial charge in [0.1, 0.15) is 5.60 Å². The van der Waals surface area contributed by atoms with Crippen LogP contribution in [0.4, 0.5) is 5.69 Å². The number of hydrogen-bond donors (Lipinski definition) is 1. The van der Waals surface area contributed by atoms with Gasteiger partial charge in [-0.05, 0) is 51.1 Å². The van der Waals surface area contributed by atoms with Gasteiger partial charge in [-0.25, -0.2) is 4.79 Å². The Bertz CT molecular complexity index is 842. The summed E-state index contributed by atoms with van der Waals surface area (Å²) in [6.45, 7) is 5.96. The number of anilines is 1. The van der Waals surface area contributed by atoms with Crippen LogP contribution in [0.3, 0.4) is 0 Å². The van der Waals surface area contributed by atoms with Crippen molar-refractivity contribution in [3.05, 3.63) is 53.6 Å². The van der Waals surface area contributed by atoms with Gasteiger partial charge in [0.05, 0.1) is 12.2 Å². The number of nitrogens with one attached hydrogen (secondary N) is 1. The third kappa shape index (κ3) is 4.58. The molecule has 6 heteroatoms. The minimum absolute atomic E-state index is 0.139. The second-order valence-corrected chi connectivity index (χ2v) is 6.92. The molecule has 1 aliphatic heterocycles. The number of hydrogen-bond acceptors (Lipinski definition) is 5. The van der Waals surface area contributed by atoms with Crippen LogP contribution >= 0.6 is 0 Å². The molecule has 0 unspecified atom stereocenters. The van der Waals surface area contributed by atoms with Crippen molar-refractivity contribution < 1.29 is 23.8 Å². The summed E-state index contributed by atoms with van der Waals surface area (Å²) in [4.78, 5) is 23.8. The summed E-state index contributed by atoms with van der Waals surface area (Å²) in [5, 5.41) is 2.74. The topological polar surface area (TPSA) is 73.9 Å². The lowest BCUT2D eigenvalue weighted by Gasteiger charge is -2.18. The zero-order valence-corrected chi connectivity index (χ0v) is 15.7. The Morgan fingerprint density at radius 2 is 1.89 bits per heavy atom. The quantitative estimate of drug-likeness (QED) is 0.788. The summed E-state index contributed by atoms with van der Waals surface area (Å²) < 4.78 is 16.5. The molecular formula is C21H23NO5. The molecule has 0 bridgehead atoms. The standard InChI is InChI=1S/C21H23NO5/c1-4-25-20(24)14-8-10-16(11-9-14)22-18(23)13-26-17-7-5-6-15-12-21(2,3)27-19(15)17/h5-11H,4,12-13H2,1-3H3,(H,22,23). The average molecular weight is 369 g/mol. The first-order valence-electron chi connectivity index (χ1n) is 8.89. The van der Waals surface area contributed by atoms with E-state index in [0.717, 1.165) is 12.0 Å². The molecule has 2 aromatic carbocycles. The Labute approximate surface area is 158 Å². The second-order valence-electron chi connectivity index (χ2n) is 6.92. The largest absolute Gasteiger partial charge is 0.483 e. The van der Waals surface area contributed by atoms with Crippen molar-refractivity contribution in [1.29, 1.82) is 0 Å². The smallest absolute Gasteiger partial charge is 0.338 e. The fourth-order valence-corrected chi connectivity index (χ4v) is 2.95. The molecule has 0 saturated carbocycles. The van der Waals surface area contributed by atoms with Gasteiger partial charge in [-0.2, -0.15) is 0 Å². The summed E-state index contributed by atoms with van der Waals surface area (Å²) >= 11 is 0. The molecule has 27 heavy (non-hydrogen) atoms. The molecule has 1 aliphatic rings. The zero-order chi connectivity index (χ0) is 19.4. The molecule has 0 aliphatic carbocycles. The zero-order valence-electron chi connectivity index (χ0n) is 15.7. The molecule has 6 nitrogen and oxygen atoms in total. The maximum atomic E-state index is 12.2. The highest BCUT2D eigenvalue weighted by Gasteiger charge is 2.32. The Morgan fingerprint density at radius 3 is 2.59 bits per heavy atom. The minimum Gasteiger partial charge on any atom is -0.483 e. The Balaban J connectivity index is 1.57. The Hall–Kier alpha value is -3.02. The van der Waals surface area contributed by atoms with Crippen LogP contribution in [0.25, 0.3) is 0 Å². The third-order valence-corrected chi connectivity index (χ3v) is 4.09. The lowest BCUT2D eigenvalue weighted by Crippen LogP contribution is -2.25. The van der Waals surface area contributed by atoms with Crippen LogP contribution in [-0.4, -0.2) is 30.7 Å². The van der Waals surface area contributed by atoms with Crippen LogP contribution in [-0.2, 0) is 16.0 Å². The van der Waals surface area contributed by atoms with Gasteiger partial charge < -0.3 is 19.5 Å². The first-order chi connectivity index (χ1) is 12.9. The van der Waals surface area contributed by atoms with E-state index in [1.54, 1.807) is 37.3 Å². The van der Waals surface area contributed by atoms with Crippen molar-refractivity contribution in [3.63, 3.8) is 0 Å². The lowest BCUT2D eigenvalue weighted by atomic mass is 10.0. The molecule has 0 radical (unpaired) electrons. The summed E-state index contributed by atoms with van der Waals surface area (Å²) in [5.41, 5.74) is 1.82. The molecule has 0 atom stereocenters. The maximum Gasteiger partial charge on any atom is 0.338 e. The van der Waals surface area contributed by atoms with E-state index in [1.165, 1.54) is 0 Å². The van der Waals surface area contributed by atoms with Crippen molar-refractivity contribution in [2.45, 2.75) is 32.8 Å². The van der Waals surface area contributed by atoms with E-state index < -0.39 is 0 Å². The number of fused-ring (bicyclic) bond motifs is 1. The van der Waals surface area contributed by atoms with E-state index in [-0.39, 0.29) is 24.1 Å². The second kappa shape index (κ2) is 7.70. The first kappa shape index (κ1) is 18.8. The number of para-hydroxylation sites is 1. The maximum absolute atomic E-state index is 12.2. The van der Waals surface area contributed by atoms with E-state index in [4.69, 9.17) is 14.2 Å². The average Bonchev–Trinajstić information content (AvgIpc) is 2.95. The predicted octanol–water partition coefficient (Wildman–Crippen LogP) is 3.59. The molecule has 0 aromatic heterocycles. The van der Waals surface area contributed by atoms with Crippen molar-refractivity contribution in [2.24, 2.45) is 0 Å². The van der Waals surface area contributed by atoms with Gasteiger partial charge in [-0.1, -0.05) is 12.1 Å². The first-order valence-corrected chi connectivity index (χ1v) is 8.89. The van der Waals surface area contributed by atoms with E-state index >= 15 is 0 Å². The summed E-state index contributed by atoms with van der Waals surface area (Å²) in [6, 6.07) is 12.2. The highest BCUT2D eigenvalue weighted by Crippen LogP contribution is 2.41. The number of ether oxygens (including phenoxy) is 3. The highest BCUT2D eigenvalue weighted by molar-refractivity contribution is 5.93. The lowest BCUT2D eigenvalue weighted by molar-refractivity contribution is -0.118. The summed E-state index contributed by atoms with van der Waals surface area (Å²) in [6.07, 6.45) is 0.804. The fourth-order valence-electron chi connectivity index (χ4n) is 2.95. The van der Waals surface area contributed by atoms with Crippen LogP contribution in [0.15, 0.2) is 42.5 Å². The molecule has 1 amide bonds. The molecule has 3 rings (SSSR count). The monoisotopic (exact) mass is 369 g/mol. The molecule has 0 spiro atoms. The van der Waals surface area contributed by atoms with Crippen molar-refractivity contribution >= 4 is 17.6 Å². The number of benzene rings is 2. The SMILES string of the molecule is CCOC(=O)c1ccc(NC(=O)COc2cccc3c2OC(C)(C)C3)cc1. The number of carbonyl (C=O) groups excluding carboxylic acids is 2. The van der Waals surface area contributed by atoms with E-state index in [2.05, 4.69) is 5.32 Å². The van der Waals surface area contributed by atoms with Gasteiger partial charge >= 0.3 is 5.97 Å². The number of rotatable bonds is 6. The normalized spacial score (nSPS) is 14.0. The van der Waals surface area contributed by atoms with Gasteiger partial charge in [0.25, 0.3) is 5.91 Å². The van der Waals surface area contributed by atoms with E-state index in [0.29, 0.717) is 29.4 Å². The van der Waals surface area contributed by atoms with Crippen molar-refractivity contribution in [3.8, 4) is 11.5 Å². The Morgan fingerprint density at radius 1 is 1.15 bits per heavy atom. The molecule has 1 heterocycles. The van der Waals surface area contributed by atoms with Crippen molar-refractivity contribution in [2.75, 3.05) is 18.5 Å². The predicted molar refractivity (Wildman–Crippen MR) is 101 cm³/mol. The van der Waals surface area contributed by atoms with Gasteiger partial charge in [0.15, 0.2) is 18.1 Å². The van der Waals surface area contributed by atoms with Gasteiger partial charge in [-0.3, -0.25) is 4.79 Å². The van der Waals surface area contributed by atoms with Crippen LogP contribution in [0, 0.1) is 0 Å². The number of carbonyl (C=O) groups is 2.